The quantitative estimate of drug-likeness (QED) is 0.0233. The minimum Gasteiger partial charge on any atom is -0.385 e. The normalized spacial score (nSPS) is 14.2. The number of pyridine rings is 3. The standard InChI is InChI=1S/C16H20N2.2C15H18N2.C12H19N.C10H15N.C9H17N.C8H17N.C6H15N.C5H12/c1-13(2)12-18(3)16-8-6-14(7-9-16)15-5-4-10-17-11-15;2*1-12(2)10-17-15-7-5-13(6-8-15)14-4-3-9-16-11-14;1-10(2)8-13-9-12-6-4-11(3)5-7-12;1-9(2)8-11-10-6-4-3-5-7-10;1-7(2)6-10-9-3-8(4-9)5-9;1-7(2)5-9-6-8-3-4-8;1-4-7-5-6(2)3;1-4-5(2)3/h4-11,13H,12H2,1-3H3;2*3-9,11-12,17H,10H2,1-2H3;4-7,10,13H,8-9H2,1-3H3;3-7,9,11H,8H2,1-2H3;7-8,10H,3-6H2,1-2H3;7-9H,3-6H2,1-2H3;6-7H,4-5H2,1-3H3;5H,4H2,1-3H3. The second-order valence-electron chi connectivity index (χ2n) is 33.4. The van der Waals surface area contributed by atoms with Crippen LogP contribution in [0.4, 0.5) is 22.7 Å². The third-order valence-electron chi connectivity index (χ3n) is 17.8. The second-order valence-corrected chi connectivity index (χ2v) is 33.4. The maximum atomic E-state index is 4.15. The highest BCUT2D eigenvalue weighted by molar-refractivity contribution is 5.67. The van der Waals surface area contributed by atoms with Gasteiger partial charge in [-0.25, -0.2) is 0 Å². The molecular weight excluding hydrogens is 1310 g/mol. The first-order valence-electron chi connectivity index (χ1n) is 41.1. The molecule has 4 aliphatic carbocycles. The van der Waals surface area contributed by atoms with E-state index in [1.807, 2.05) is 55.0 Å². The van der Waals surface area contributed by atoms with Gasteiger partial charge in [0.1, 0.15) is 0 Å². The number of hydrogen-bond donors (Lipinski definition) is 7. The molecule has 0 saturated heterocycles. The van der Waals surface area contributed by atoms with Crippen LogP contribution >= 0.6 is 0 Å². The smallest absolute Gasteiger partial charge is 0.0364 e. The lowest BCUT2D eigenvalue weighted by Gasteiger charge is -2.62. The Labute approximate surface area is 655 Å². The van der Waals surface area contributed by atoms with Gasteiger partial charge in [0.2, 0.25) is 0 Å². The zero-order valence-corrected chi connectivity index (χ0v) is 71.2. The fourth-order valence-electron chi connectivity index (χ4n) is 10.9. The van der Waals surface area contributed by atoms with E-state index in [4.69, 9.17) is 0 Å². The van der Waals surface area contributed by atoms with E-state index in [2.05, 4.69) is 337 Å². The van der Waals surface area contributed by atoms with Gasteiger partial charge in [-0.15, -0.1) is 0 Å². The van der Waals surface area contributed by atoms with Crippen LogP contribution in [0.25, 0.3) is 33.4 Å². The fourth-order valence-corrected chi connectivity index (χ4v) is 10.9. The molecule has 0 atom stereocenters. The molecule has 2 bridgehead atoms. The van der Waals surface area contributed by atoms with Crippen molar-refractivity contribution in [2.24, 2.45) is 65.1 Å². The van der Waals surface area contributed by atoms with Gasteiger partial charge in [0, 0.05) is 105 Å². The molecular formula is C96H151N11. The Bertz CT molecular complexity index is 3240. The van der Waals surface area contributed by atoms with E-state index in [0.717, 1.165) is 110 Å². The van der Waals surface area contributed by atoms with E-state index in [9.17, 15) is 0 Å². The maximum absolute atomic E-state index is 4.15. The summed E-state index contributed by atoms with van der Waals surface area (Å²) in [6.07, 6.45) is 19.7. The summed E-state index contributed by atoms with van der Waals surface area (Å²) in [7, 11) is 2.14. The lowest BCUT2D eigenvalue weighted by Crippen LogP contribution is -2.67. The van der Waals surface area contributed by atoms with E-state index in [1.165, 1.54) is 109 Å². The van der Waals surface area contributed by atoms with Gasteiger partial charge in [-0.3, -0.25) is 15.0 Å². The summed E-state index contributed by atoms with van der Waals surface area (Å²) in [5, 5.41) is 23.9. The Balaban J connectivity index is 0.000000319. The summed E-state index contributed by atoms with van der Waals surface area (Å²) in [5.41, 5.74) is 15.2. The lowest BCUT2D eigenvalue weighted by atomic mass is 9.50. The SMILES string of the molecule is CC(C)CN(C)c1ccc(-c2cccnc2)cc1.CC(C)CNC12CC(C1)C2.CC(C)CNCC1CC1.CC(C)CNc1ccc(-c2cccnc2)cc1.CC(C)CNc1ccc(-c2cccnc2)cc1.CC(C)CNc1ccccc1.CCC(C)C.CCNCC(C)C.Cc1ccc(CNCC(C)C)cc1. The molecule has 11 nitrogen and oxygen atoms in total. The monoisotopic (exact) mass is 1460 g/mol. The van der Waals surface area contributed by atoms with Crippen LogP contribution in [0, 0.1) is 72.0 Å². The Morgan fingerprint density at radius 3 is 1.07 bits per heavy atom. The second kappa shape index (κ2) is 55.1. The summed E-state index contributed by atoms with van der Waals surface area (Å²) < 4.78 is 0. The van der Waals surface area contributed by atoms with Crippen LogP contribution in [0.3, 0.4) is 0 Å². The Kier molecular flexibility index (Phi) is 48.3. The Morgan fingerprint density at radius 1 is 0.383 bits per heavy atom. The van der Waals surface area contributed by atoms with Crippen LogP contribution in [-0.2, 0) is 6.54 Å². The highest BCUT2D eigenvalue weighted by atomic mass is 15.1. The van der Waals surface area contributed by atoms with E-state index >= 15 is 0 Å². The largest absolute Gasteiger partial charge is 0.385 e. The number of benzene rings is 5. The third kappa shape index (κ3) is 45.9. The first kappa shape index (κ1) is 93.8. The molecule has 4 fully saturated rings. The molecule has 7 N–H and O–H groups in total. The molecule has 590 valence electrons. The van der Waals surface area contributed by atoms with Crippen LogP contribution in [0.2, 0.25) is 0 Å². The van der Waals surface area contributed by atoms with Crippen LogP contribution in [0.5, 0.6) is 0 Å². The van der Waals surface area contributed by atoms with Crippen molar-refractivity contribution in [3.8, 4) is 33.4 Å². The van der Waals surface area contributed by atoms with Crippen molar-refractivity contribution in [3.05, 3.63) is 212 Å². The summed E-state index contributed by atoms with van der Waals surface area (Å²) >= 11 is 0. The summed E-state index contributed by atoms with van der Waals surface area (Å²) in [4.78, 5) is 14.7. The molecule has 3 heterocycles. The zero-order valence-electron chi connectivity index (χ0n) is 71.2. The summed E-state index contributed by atoms with van der Waals surface area (Å²) in [6.45, 7) is 58.6. The number of aryl methyl sites for hydroxylation is 1. The number of aromatic nitrogens is 3. The van der Waals surface area contributed by atoms with Crippen molar-refractivity contribution in [2.45, 2.75) is 196 Å². The van der Waals surface area contributed by atoms with Crippen molar-refractivity contribution in [1.29, 1.82) is 0 Å². The van der Waals surface area contributed by atoms with Gasteiger partial charge in [-0.05, 0) is 249 Å². The third-order valence-corrected chi connectivity index (χ3v) is 17.8. The number of para-hydroxylation sites is 1. The van der Waals surface area contributed by atoms with E-state index in [-0.39, 0.29) is 0 Å². The Hall–Kier alpha value is -7.41. The topological polar surface area (TPSA) is 126 Å². The highest BCUT2D eigenvalue weighted by Crippen LogP contribution is 2.56. The van der Waals surface area contributed by atoms with Gasteiger partial charge in [-0.1, -0.05) is 248 Å². The highest BCUT2D eigenvalue weighted by Gasteiger charge is 2.56. The number of nitrogens with zero attached hydrogens (tertiary/aromatic N) is 4. The number of nitrogens with one attached hydrogen (secondary N) is 7. The van der Waals surface area contributed by atoms with Crippen LogP contribution < -0.4 is 42.1 Å². The van der Waals surface area contributed by atoms with Gasteiger partial charge in [0.25, 0.3) is 0 Å². The fraction of sp³-hybridized carbons (Fsp3) is 0.531. The van der Waals surface area contributed by atoms with Crippen LogP contribution in [0.15, 0.2) is 201 Å². The maximum Gasteiger partial charge on any atom is 0.0364 e. The van der Waals surface area contributed by atoms with Gasteiger partial charge < -0.3 is 42.1 Å². The molecule has 0 radical (unpaired) electrons. The van der Waals surface area contributed by atoms with Crippen molar-refractivity contribution < 1.29 is 0 Å². The van der Waals surface area contributed by atoms with Crippen molar-refractivity contribution in [2.75, 3.05) is 93.3 Å². The van der Waals surface area contributed by atoms with Crippen LogP contribution in [0.1, 0.15) is 188 Å². The van der Waals surface area contributed by atoms with Crippen molar-refractivity contribution in [3.63, 3.8) is 0 Å². The van der Waals surface area contributed by atoms with E-state index in [1.54, 1.807) is 18.6 Å². The number of rotatable bonds is 30. The first-order chi connectivity index (χ1) is 51.2. The van der Waals surface area contributed by atoms with Gasteiger partial charge >= 0.3 is 0 Å². The zero-order chi connectivity index (χ0) is 78.8. The first-order valence-corrected chi connectivity index (χ1v) is 41.1. The minimum atomic E-state index is 0.648. The predicted molar refractivity (Wildman–Crippen MR) is 473 cm³/mol. The van der Waals surface area contributed by atoms with Gasteiger partial charge in [-0.2, -0.15) is 0 Å². The molecule has 0 unspecified atom stereocenters. The lowest BCUT2D eigenvalue weighted by molar-refractivity contribution is -0.0520. The summed E-state index contributed by atoms with van der Waals surface area (Å²) in [6, 6.07) is 56.7. The number of anilines is 4. The molecule has 8 aromatic rings. The molecule has 0 amide bonds. The summed E-state index contributed by atoms with van der Waals surface area (Å²) in [5.74, 6) is 8.87. The van der Waals surface area contributed by atoms with Crippen molar-refractivity contribution >= 4 is 22.7 Å². The Morgan fingerprint density at radius 2 is 0.757 bits per heavy atom. The molecule has 3 aromatic heterocycles. The van der Waals surface area contributed by atoms with Crippen molar-refractivity contribution in [1.82, 2.24) is 36.2 Å². The molecule has 4 saturated carbocycles. The number of hydrogen-bond acceptors (Lipinski definition) is 11. The molecule has 0 aliphatic heterocycles. The molecule has 107 heavy (non-hydrogen) atoms. The van der Waals surface area contributed by atoms with E-state index in [0.29, 0.717) is 29.2 Å². The van der Waals surface area contributed by atoms with Gasteiger partial charge in [0.05, 0.1) is 0 Å². The molecule has 11 heteroatoms. The average molecular weight is 1460 g/mol. The molecule has 12 rings (SSSR count). The van der Waals surface area contributed by atoms with Gasteiger partial charge in [0.15, 0.2) is 0 Å². The van der Waals surface area contributed by atoms with E-state index < -0.39 is 0 Å². The molecule has 0 spiro atoms. The molecule has 5 aromatic carbocycles. The van der Waals surface area contributed by atoms with Crippen LogP contribution in [-0.4, -0.2) is 93.0 Å². The average Bonchev–Trinajstić information content (AvgIpc) is 1.22. The predicted octanol–water partition coefficient (Wildman–Crippen LogP) is 23.7. The molecule has 4 aliphatic rings. The minimum absolute atomic E-state index is 0.648.